The van der Waals surface area contributed by atoms with E-state index in [2.05, 4.69) is 30.6 Å². The van der Waals surface area contributed by atoms with Crippen LogP contribution in [0.5, 0.6) is 0 Å². The van der Waals surface area contributed by atoms with Crippen molar-refractivity contribution >= 4 is 34.3 Å². The van der Waals surface area contributed by atoms with Gasteiger partial charge in [0.15, 0.2) is 5.82 Å². The SMILES string of the molecule is CNc1ccc(Nc2nc(N3CCOCC3)nc(-n3c(C(F)F)nc4ccccc43)n2)cc1. The molecule has 0 unspecified atom stereocenters. The molecular weight excluding hydrogens is 430 g/mol. The molecule has 1 aliphatic heterocycles. The molecule has 2 aromatic heterocycles. The topological polar surface area (TPSA) is 93.0 Å². The van der Waals surface area contributed by atoms with Gasteiger partial charge in [0.05, 0.1) is 24.2 Å². The van der Waals surface area contributed by atoms with E-state index in [1.54, 1.807) is 24.3 Å². The van der Waals surface area contributed by atoms with Gasteiger partial charge in [-0.2, -0.15) is 15.0 Å². The average Bonchev–Trinajstić information content (AvgIpc) is 3.25. The minimum Gasteiger partial charge on any atom is -0.388 e. The van der Waals surface area contributed by atoms with E-state index in [0.717, 1.165) is 11.4 Å². The Morgan fingerprint density at radius 2 is 1.58 bits per heavy atom. The van der Waals surface area contributed by atoms with Crippen molar-refractivity contribution < 1.29 is 13.5 Å². The number of nitrogens with zero attached hydrogens (tertiary/aromatic N) is 6. The van der Waals surface area contributed by atoms with E-state index in [1.165, 1.54) is 4.57 Å². The third-order valence-electron chi connectivity index (χ3n) is 5.32. The second kappa shape index (κ2) is 8.94. The van der Waals surface area contributed by atoms with Crippen molar-refractivity contribution in [2.24, 2.45) is 0 Å². The van der Waals surface area contributed by atoms with Gasteiger partial charge >= 0.3 is 0 Å². The second-order valence-corrected chi connectivity index (χ2v) is 7.41. The first-order valence-electron chi connectivity index (χ1n) is 10.5. The highest BCUT2D eigenvalue weighted by Gasteiger charge is 2.24. The fourth-order valence-electron chi connectivity index (χ4n) is 3.67. The van der Waals surface area contributed by atoms with Crippen LogP contribution in [0.1, 0.15) is 12.2 Å². The fourth-order valence-corrected chi connectivity index (χ4v) is 3.67. The van der Waals surface area contributed by atoms with Crippen LogP contribution < -0.4 is 15.5 Å². The lowest BCUT2D eigenvalue weighted by Crippen LogP contribution is -2.37. The minimum absolute atomic E-state index is 0.0739. The van der Waals surface area contributed by atoms with E-state index in [9.17, 15) is 8.78 Å². The van der Waals surface area contributed by atoms with Crippen molar-refractivity contribution in [3.05, 3.63) is 54.4 Å². The lowest BCUT2D eigenvalue weighted by Gasteiger charge is -2.27. The van der Waals surface area contributed by atoms with Gasteiger partial charge in [0.2, 0.25) is 17.8 Å². The highest BCUT2D eigenvalue weighted by molar-refractivity contribution is 5.77. The highest BCUT2D eigenvalue weighted by Crippen LogP contribution is 2.28. The van der Waals surface area contributed by atoms with E-state index in [-0.39, 0.29) is 11.9 Å². The number of nitrogens with one attached hydrogen (secondary N) is 2. The molecule has 4 aromatic rings. The van der Waals surface area contributed by atoms with E-state index < -0.39 is 12.2 Å². The Morgan fingerprint density at radius 3 is 2.30 bits per heavy atom. The summed E-state index contributed by atoms with van der Waals surface area (Å²) in [4.78, 5) is 19.7. The number of halogens is 2. The molecule has 0 atom stereocenters. The number of imidazole rings is 1. The molecule has 9 nitrogen and oxygen atoms in total. The number of alkyl halides is 2. The standard InChI is InChI=1S/C22H22F2N8O/c1-25-14-6-8-15(9-7-14)26-20-28-21(31-10-12-33-13-11-31)30-22(29-20)32-17-5-3-2-4-16(17)27-19(32)18(23)24/h2-9,18,25H,10-13H2,1H3,(H,26,28,29,30). The third-order valence-corrected chi connectivity index (χ3v) is 5.32. The first kappa shape index (κ1) is 21.0. The Morgan fingerprint density at radius 1 is 0.879 bits per heavy atom. The number of benzene rings is 2. The number of morpholine rings is 1. The Hall–Kier alpha value is -3.86. The van der Waals surface area contributed by atoms with Crippen LogP contribution in [0.3, 0.4) is 0 Å². The maximum Gasteiger partial charge on any atom is 0.296 e. The lowest BCUT2D eigenvalue weighted by molar-refractivity contribution is 0.122. The van der Waals surface area contributed by atoms with Crippen molar-refractivity contribution in [3.8, 4) is 5.95 Å². The monoisotopic (exact) mass is 452 g/mol. The van der Waals surface area contributed by atoms with E-state index >= 15 is 0 Å². The van der Waals surface area contributed by atoms with Crippen LogP contribution in [-0.4, -0.2) is 57.9 Å². The van der Waals surface area contributed by atoms with Crippen LogP contribution in [-0.2, 0) is 4.74 Å². The van der Waals surface area contributed by atoms with E-state index in [4.69, 9.17) is 4.74 Å². The van der Waals surface area contributed by atoms with Crippen LogP contribution in [0.25, 0.3) is 17.0 Å². The zero-order valence-corrected chi connectivity index (χ0v) is 17.9. The number of para-hydroxylation sites is 2. The summed E-state index contributed by atoms with van der Waals surface area (Å²) in [7, 11) is 1.84. The first-order chi connectivity index (χ1) is 16.1. The molecule has 0 bridgehead atoms. The van der Waals surface area contributed by atoms with Crippen molar-refractivity contribution in [2.45, 2.75) is 6.43 Å². The number of aromatic nitrogens is 5. The molecule has 1 aliphatic rings. The summed E-state index contributed by atoms with van der Waals surface area (Å²) in [6.07, 6.45) is -2.80. The summed E-state index contributed by atoms with van der Waals surface area (Å²) in [6, 6.07) is 14.5. The summed E-state index contributed by atoms with van der Waals surface area (Å²) >= 11 is 0. The van der Waals surface area contributed by atoms with Crippen molar-refractivity contribution in [1.82, 2.24) is 24.5 Å². The van der Waals surface area contributed by atoms with E-state index in [1.807, 2.05) is 36.2 Å². The minimum atomic E-state index is -2.80. The Balaban J connectivity index is 1.63. The smallest absolute Gasteiger partial charge is 0.296 e. The lowest BCUT2D eigenvalue weighted by atomic mass is 10.3. The molecule has 1 saturated heterocycles. The molecule has 2 aromatic carbocycles. The molecule has 0 aliphatic carbocycles. The van der Waals surface area contributed by atoms with Crippen LogP contribution in [0.2, 0.25) is 0 Å². The van der Waals surface area contributed by atoms with Gasteiger partial charge in [0.25, 0.3) is 6.43 Å². The van der Waals surface area contributed by atoms with Gasteiger partial charge in [-0.25, -0.2) is 13.8 Å². The number of rotatable bonds is 6. The number of hydrogen-bond acceptors (Lipinski definition) is 8. The molecular formula is C22H22F2N8O. The largest absolute Gasteiger partial charge is 0.388 e. The zero-order valence-electron chi connectivity index (χ0n) is 17.9. The highest BCUT2D eigenvalue weighted by atomic mass is 19.3. The molecule has 0 spiro atoms. The van der Waals surface area contributed by atoms with Crippen LogP contribution in [0, 0.1) is 0 Å². The summed E-state index contributed by atoms with van der Waals surface area (Å²) in [5.41, 5.74) is 2.65. The number of fused-ring (bicyclic) bond motifs is 1. The zero-order chi connectivity index (χ0) is 22.8. The van der Waals surface area contributed by atoms with Gasteiger partial charge in [-0.15, -0.1) is 0 Å². The summed E-state index contributed by atoms with van der Waals surface area (Å²) < 4.78 is 34.6. The Kier molecular flexibility index (Phi) is 5.69. The summed E-state index contributed by atoms with van der Waals surface area (Å²) in [5.74, 6) is 0.289. The molecule has 0 amide bonds. The molecule has 5 rings (SSSR count). The van der Waals surface area contributed by atoms with Gasteiger partial charge in [-0.1, -0.05) is 12.1 Å². The molecule has 0 saturated carbocycles. The molecule has 2 N–H and O–H groups in total. The Labute approximate surface area is 188 Å². The van der Waals surface area contributed by atoms with E-state index in [0.29, 0.717) is 43.3 Å². The average molecular weight is 452 g/mol. The first-order valence-corrected chi connectivity index (χ1v) is 10.5. The summed E-state index contributed by atoms with van der Waals surface area (Å²) in [6.45, 7) is 2.25. The Bertz CT molecular complexity index is 1260. The quantitative estimate of drug-likeness (QED) is 0.457. The van der Waals surface area contributed by atoms with Crippen molar-refractivity contribution in [2.75, 3.05) is 48.9 Å². The van der Waals surface area contributed by atoms with Crippen molar-refractivity contribution in [1.29, 1.82) is 0 Å². The molecule has 11 heteroatoms. The maximum absolute atomic E-state index is 13.9. The predicted molar refractivity (Wildman–Crippen MR) is 122 cm³/mol. The van der Waals surface area contributed by atoms with Gasteiger partial charge in [0, 0.05) is 31.5 Å². The second-order valence-electron chi connectivity index (χ2n) is 7.41. The molecule has 3 heterocycles. The van der Waals surface area contributed by atoms with Gasteiger partial charge in [-0.3, -0.25) is 4.57 Å². The summed E-state index contributed by atoms with van der Waals surface area (Å²) in [5, 5.41) is 6.23. The predicted octanol–water partition coefficient (Wildman–Crippen LogP) is 3.77. The van der Waals surface area contributed by atoms with Crippen LogP contribution >= 0.6 is 0 Å². The van der Waals surface area contributed by atoms with Crippen LogP contribution in [0.15, 0.2) is 48.5 Å². The fraction of sp³-hybridized carbons (Fsp3) is 0.273. The third kappa shape index (κ3) is 4.27. The number of anilines is 4. The molecule has 0 radical (unpaired) electrons. The number of hydrogen-bond donors (Lipinski definition) is 2. The van der Waals surface area contributed by atoms with Gasteiger partial charge < -0.3 is 20.3 Å². The van der Waals surface area contributed by atoms with Gasteiger partial charge in [-0.05, 0) is 36.4 Å². The maximum atomic E-state index is 13.9. The normalized spacial score (nSPS) is 14.1. The number of ether oxygens (including phenoxy) is 1. The van der Waals surface area contributed by atoms with Crippen molar-refractivity contribution in [3.63, 3.8) is 0 Å². The van der Waals surface area contributed by atoms with Crippen LogP contribution in [0.4, 0.5) is 32.1 Å². The molecule has 1 fully saturated rings. The molecule has 170 valence electrons. The molecule has 33 heavy (non-hydrogen) atoms. The van der Waals surface area contributed by atoms with Gasteiger partial charge in [0.1, 0.15) is 0 Å².